The van der Waals surface area contributed by atoms with Crippen LogP contribution in [-0.2, 0) is 28.6 Å². The third-order valence-corrected chi connectivity index (χ3v) is 12.6. The number of hydrogen-bond acceptors (Lipinski definition) is 6. The predicted octanol–water partition coefficient (Wildman–Crippen LogP) is 19.9. The Morgan fingerprint density at radius 2 is 0.557 bits per heavy atom. The van der Waals surface area contributed by atoms with Crippen molar-refractivity contribution in [3.05, 3.63) is 85.1 Å². The summed E-state index contributed by atoms with van der Waals surface area (Å²) in [6.45, 7) is 6.50. The van der Waals surface area contributed by atoms with Gasteiger partial charge >= 0.3 is 17.9 Å². The molecule has 6 nitrogen and oxygen atoms in total. The first kappa shape index (κ1) is 66.6. The highest BCUT2D eigenvalue weighted by Gasteiger charge is 2.19. The fourth-order valence-electron chi connectivity index (χ4n) is 8.16. The minimum atomic E-state index is -0.791. The fourth-order valence-corrected chi connectivity index (χ4v) is 8.16. The van der Waals surface area contributed by atoms with Crippen molar-refractivity contribution in [1.29, 1.82) is 0 Å². The van der Waals surface area contributed by atoms with Crippen molar-refractivity contribution in [2.24, 2.45) is 0 Å². The van der Waals surface area contributed by atoms with Gasteiger partial charge in [-0.05, 0) is 116 Å². The molecule has 0 aliphatic rings. The molecule has 0 aromatic heterocycles. The molecule has 1 unspecified atom stereocenters. The summed E-state index contributed by atoms with van der Waals surface area (Å²) in [5.74, 6) is -0.913. The normalized spacial score (nSPS) is 12.7. The molecule has 0 saturated heterocycles. The van der Waals surface area contributed by atoms with E-state index < -0.39 is 6.10 Å². The van der Waals surface area contributed by atoms with Crippen LogP contribution >= 0.6 is 0 Å². The summed E-state index contributed by atoms with van der Waals surface area (Å²) in [4.78, 5) is 38.2. The molecule has 0 aromatic rings. The van der Waals surface area contributed by atoms with Gasteiger partial charge in [-0.1, -0.05) is 234 Å². The van der Waals surface area contributed by atoms with Gasteiger partial charge in [-0.2, -0.15) is 0 Å². The highest BCUT2D eigenvalue weighted by molar-refractivity contribution is 5.71. The van der Waals surface area contributed by atoms with Crippen LogP contribution in [-0.4, -0.2) is 37.2 Å². The largest absolute Gasteiger partial charge is 0.462 e. The zero-order valence-corrected chi connectivity index (χ0v) is 46.0. The Morgan fingerprint density at radius 3 is 0.886 bits per heavy atom. The van der Waals surface area contributed by atoms with Crippen molar-refractivity contribution in [1.82, 2.24) is 0 Å². The molecule has 0 radical (unpaired) electrons. The van der Waals surface area contributed by atoms with Gasteiger partial charge in [-0.15, -0.1) is 0 Å². The molecule has 0 aromatic carbocycles. The Balaban J connectivity index is 4.42. The number of rotatable bonds is 53. The van der Waals surface area contributed by atoms with Crippen LogP contribution in [0.2, 0.25) is 0 Å². The van der Waals surface area contributed by atoms with E-state index in [-0.39, 0.29) is 31.1 Å². The van der Waals surface area contributed by atoms with Crippen LogP contribution in [0.4, 0.5) is 0 Å². The lowest BCUT2D eigenvalue weighted by Gasteiger charge is -2.18. The molecule has 0 N–H and O–H groups in total. The molecule has 0 fully saturated rings. The lowest BCUT2D eigenvalue weighted by atomic mass is 10.1. The second kappa shape index (κ2) is 58.2. The van der Waals surface area contributed by atoms with E-state index in [0.717, 1.165) is 116 Å². The minimum absolute atomic E-state index is 0.0884. The maximum atomic E-state index is 12.9. The second-order valence-corrected chi connectivity index (χ2v) is 19.5. The summed E-state index contributed by atoms with van der Waals surface area (Å²) < 4.78 is 16.9. The van der Waals surface area contributed by atoms with Gasteiger partial charge in [0.2, 0.25) is 0 Å². The van der Waals surface area contributed by atoms with E-state index >= 15 is 0 Å². The van der Waals surface area contributed by atoms with E-state index in [4.69, 9.17) is 14.2 Å². The van der Waals surface area contributed by atoms with Gasteiger partial charge in [0.05, 0.1) is 0 Å². The number of hydrogen-bond donors (Lipinski definition) is 0. The van der Waals surface area contributed by atoms with Crippen LogP contribution in [0.15, 0.2) is 85.1 Å². The zero-order chi connectivity index (χ0) is 50.7. The Morgan fingerprint density at radius 1 is 0.300 bits per heavy atom. The summed E-state index contributed by atoms with van der Waals surface area (Å²) in [5, 5.41) is 0. The van der Waals surface area contributed by atoms with Gasteiger partial charge < -0.3 is 14.2 Å². The van der Waals surface area contributed by atoms with Gasteiger partial charge in [-0.25, -0.2) is 0 Å². The number of allylic oxidation sites excluding steroid dienone is 14. The fraction of sp³-hybridized carbons (Fsp3) is 0.734. The zero-order valence-electron chi connectivity index (χ0n) is 46.0. The number of unbranched alkanes of at least 4 members (excludes halogenated alkanes) is 28. The molecule has 0 aliphatic heterocycles. The van der Waals surface area contributed by atoms with E-state index in [1.54, 1.807) is 0 Å². The summed E-state index contributed by atoms with van der Waals surface area (Å²) in [7, 11) is 0. The highest BCUT2D eigenvalue weighted by atomic mass is 16.6. The standard InChI is InChI=1S/C64H110O6/c1-4-7-10-13-16-19-22-25-28-30-31-32-33-35-36-39-42-45-48-51-54-57-63(66)69-60-61(59-68-62(65)56-53-50-47-44-41-38-27-24-21-18-15-12-9-6-3)70-64(67)58-55-52-49-46-43-40-37-34-29-26-23-20-17-14-11-8-5-2/h7,10,16,19,24-29,31-32,35-36,61H,4-6,8-9,11-15,17-18,20-23,30,33-34,37-60H2,1-3H3/b10-7-,19-16-,27-24-,28-25-,29-26-,32-31-,36-35-. The average Bonchev–Trinajstić information content (AvgIpc) is 3.36. The monoisotopic (exact) mass is 975 g/mol. The van der Waals surface area contributed by atoms with Crippen molar-refractivity contribution in [2.45, 2.75) is 290 Å². The van der Waals surface area contributed by atoms with Crippen LogP contribution in [0, 0.1) is 0 Å². The molecule has 0 spiro atoms. The Labute approximate surface area is 433 Å². The summed E-state index contributed by atoms with van der Waals surface area (Å²) in [5.41, 5.74) is 0. The second-order valence-electron chi connectivity index (χ2n) is 19.5. The van der Waals surface area contributed by atoms with Crippen molar-refractivity contribution in [3.63, 3.8) is 0 Å². The lowest BCUT2D eigenvalue weighted by molar-refractivity contribution is -0.167. The SMILES string of the molecule is CC/C=C\C/C=C\C/C=C\C/C=C\C/C=C\CCCCCCCC(=O)OCC(COC(=O)CCCCCCC/C=C\CCCCCCC)OC(=O)CCCCCCCCC/C=C\CCCCCCCC. The number of esters is 3. The molecule has 0 heterocycles. The number of carbonyl (C=O) groups is 3. The third-order valence-electron chi connectivity index (χ3n) is 12.6. The topological polar surface area (TPSA) is 78.9 Å². The van der Waals surface area contributed by atoms with Crippen molar-refractivity contribution in [2.75, 3.05) is 13.2 Å². The van der Waals surface area contributed by atoms with Crippen molar-refractivity contribution < 1.29 is 28.6 Å². The van der Waals surface area contributed by atoms with E-state index in [1.165, 1.54) is 128 Å². The molecule has 0 saturated carbocycles. The quantitative estimate of drug-likeness (QED) is 0.0261. The molecule has 402 valence electrons. The predicted molar refractivity (Wildman–Crippen MR) is 302 cm³/mol. The Hall–Kier alpha value is -3.41. The van der Waals surface area contributed by atoms with E-state index in [0.29, 0.717) is 19.3 Å². The summed E-state index contributed by atoms with van der Waals surface area (Å²) in [6, 6.07) is 0. The number of ether oxygens (including phenoxy) is 3. The van der Waals surface area contributed by atoms with E-state index in [2.05, 4.69) is 106 Å². The first-order chi connectivity index (χ1) is 34.5. The third kappa shape index (κ3) is 55.5. The maximum absolute atomic E-state index is 12.9. The Kier molecular flexibility index (Phi) is 55.3. The molecular formula is C64H110O6. The van der Waals surface area contributed by atoms with Gasteiger partial charge in [-0.3, -0.25) is 14.4 Å². The smallest absolute Gasteiger partial charge is 0.306 e. The Bertz CT molecular complexity index is 1350. The first-order valence-electron chi connectivity index (χ1n) is 29.6. The maximum Gasteiger partial charge on any atom is 0.306 e. The minimum Gasteiger partial charge on any atom is -0.462 e. The van der Waals surface area contributed by atoms with E-state index in [1.807, 2.05) is 0 Å². The lowest BCUT2D eigenvalue weighted by Crippen LogP contribution is -2.30. The van der Waals surface area contributed by atoms with Crippen LogP contribution in [0.5, 0.6) is 0 Å². The van der Waals surface area contributed by atoms with Crippen LogP contribution < -0.4 is 0 Å². The first-order valence-corrected chi connectivity index (χ1v) is 29.6. The van der Waals surface area contributed by atoms with E-state index in [9.17, 15) is 14.4 Å². The van der Waals surface area contributed by atoms with Gasteiger partial charge in [0.25, 0.3) is 0 Å². The van der Waals surface area contributed by atoms with Crippen LogP contribution in [0.3, 0.4) is 0 Å². The number of carbonyl (C=O) groups excluding carboxylic acids is 3. The van der Waals surface area contributed by atoms with Crippen molar-refractivity contribution >= 4 is 17.9 Å². The summed E-state index contributed by atoms with van der Waals surface area (Å²) >= 11 is 0. The molecule has 0 bridgehead atoms. The van der Waals surface area contributed by atoms with Gasteiger partial charge in [0, 0.05) is 19.3 Å². The van der Waals surface area contributed by atoms with Crippen molar-refractivity contribution in [3.8, 4) is 0 Å². The molecule has 0 amide bonds. The van der Waals surface area contributed by atoms with Crippen LogP contribution in [0.25, 0.3) is 0 Å². The highest BCUT2D eigenvalue weighted by Crippen LogP contribution is 2.15. The van der Waals surface area contributed by atoms with Gasteiger partial charge in [0.15, 0.2) is 6.10 Å². The average molecular weight is 976 g/mol. The molecule has 0 aliphatic carbocycles. The van der Waals surface area contributed by atoms with Crippen LogP contribution in [0.1, 0.15) is 284 Å². The molecule has 6 heteroatoms. The molecule has 0 rings (SSSR count). The molecule has 1 atom stereocenters. The summed E-state index contributed by atoms with van der Waals surface area (Å²) in [6.07, 6.45) is 75.7. The molecular weight excluding hydrogens is 865 g/mol. The molecule has 70 heavy (non-hydrogen) atoms. The van der Waals surface area contributed by atoms with Gasteiger partial charge in [0.1, 0.15) is 13.2 Å².